The molecule has 4 heterocycles. The second-order valence-electron chi connectivity index (χ2n) is 14.9. The van der Waals surface area contributed by atoms with Crippen LogP contribution < -0.4 is 5.56 Å². The maximum absolute atomic E-state index is 13.6. The quantitative estimate of drug-likeness (QED) is 0.378. The fourth-order valence-electron chi connectivity index (χ4n) is 6.89. The van der Waals surface area contributed by atoms with Crippen LogP contribution in [-0.2, 0) is 20.8 Å². The molecule has 3 aliphatic rings. The van der Waals surface area contributed by atoms with E-state index >= 15 is 0 Å². The van der Waals surface area contributed by atoms with Crippen molar-refractivity contribution < 1.29 is 24.2 Å². The van der Waals surface area contributed by atoms with Gasteiger partial charge in [0.2, 0.25) is 5.91 Å². The van der Waals surface area contributed by atoms with Gasteiger partial charge in [0.05, 0.1) is 42.8 Å². The van der Waals surface area contributed by atoms with E-state index in [9.17, 15) is 19.5 Å². The first-order valence-corrected chi connectivity index (χ1v) is 17.0. The molecule has 2 amide bonds. The van der Waals surface area contributed by atoms with Crippen molar-refractivity contribution in [2.24, 2.45) is 11.3 Å². The van der Waals surface area contributed by atoms with Gasteiger partial charge in [0.15, 0.2) is 5.65 Å². The highest BCUT2D eigenvalue weighted by atomic mass is 35.5. The number of ether oxygens (including phenoxy) is 2. The van der Waals surface area contributed by atoms with E-state index in [4.69, 9.17) is 21.1 Å². The Hall–Kier alpha value is -3.41. The molecule has 2 saturated heterocycles. The van der Waals surface area contributed by atoms with Crippen LogP contribution in [0, 0.1) is 11.3 Å². The molecule has 1 aliphatic carbocycles. The molecule has 4 atom stereocenters. The Balaban J connectivity index is 1.19. The van der Waals surface area contributed by atoms with Gasteiger partial charge < -0.3 is 19.5 Å². The number of likely N-dealkylation sites (tertiary alicyclic amines) is 1. The molecule has 47 heavy (non-hydrogen) atoms. The van der Waals surface area contributed by atoms with Gasteiger partial charge >= 0.3 is 6.09 Å². The number of carbonyl (C=O) groups is 2. The Kier molecular flexibility index (Phi) is 8.72. The number of nitrogens with zero attached hydrogens (tertiary/aromatic N) is 5. The molecule has 0 radical (unpaired) electrons. The molecule has 3 aromatic rings. The highest BCUT2D eigenvalue weighted by molar-refractivity contribution is 6.31. The summed E-state index contributed by atoms with van der Waals surface area (Å²) in [7, 11) is 0. The number of carbonyl (C=O) groups excluding carboxylic acids is 2. The van der Waals surface area contributed by atoms with Gasteiger partial charge in [0.25, 0.3) is 5.56 Å². The summed E-state index contributed by atoms with van der Waals surface area (Å²) in [5.74, 6) is 0.549. The van der Waals surface area contributed by atoms with E-state index in [2.05, 4.69) is 11.9 Å². The van der Waals surface area contributed by atoms with Crippen molar-refractivity contribution in [3.8, 4) is 5.69 Å². The van der Waals surface area contributed by atoms with Crippen LogP contribution in [0.15, 0.2) is 41.5 Å². The van der Waals surface area contributed by atoms with Gasteiger partial charge in [-0.05, 0) is 76.1 Å². The number of piperidine rings is 1. The molecule has 2 aliphatic heterocycles. The molecule has 1 N–H and O–H groups in total. The van der Waals surface area contributed by atoms with Crippen LogP contribution in [0.1, 0.15) is 78.8 Å². The minimum Gasteiger partial charge on any atom is -0.444 e. The highest BCUT2D eigenvalue weighted by Crippen LogP contribution is 2.53. The first kappa shape index (κ1) is 33.5. The lowest BCUT2D eigenvalue weighted by Gasteiger charge is -2.40. The van der Waals surface area contributed by atoms with Gasteiger partial charge in [-0.25, -0.2) is 9.78 Å². The maximum Gasteiger partial charge on any atom is 0.410 e. The summed E-state index contributed by atoms with van der Waals surface area (Å²) in [5, 5.41) is 12.1. The predicted octanol–water partition coefficient (Wildman–Crippen LogP) is 5.33. The van der Waals surface area contributed by atoms with Crippen molar-refractivity contribution in [3.05, 3.63) is 57.7 Å². The molecule has 6 rings (SSSR count). The van der Waals surface area contributed by atoms with Crippen LogP contribution in [0.3, 0.4) is 0 Å². The number of halogens is 1. The zero-order valence-electron chi connectivity index (χ0n) is 28.2. The summed E-state index contributed by atoms with van der Waals surface area (Å²) in [5.41, 5.74) is -0.315. The number of morpholine rings is 1. The molecule has 3 fully saturated rings. The Morgan fingerprint density at radius 1 is 1.17 bits per heavy atom. The van der Waals surface area contributed by atoms with Crippen molar-refractivity contribution in [1.82, 2.24) is 23.9 Å². The van der Waals surface area contributed by atoms with Crippen molar-refractivity contribution in [3.63, 3.8) is 0 Å². The number of aromatic nitrogens is 3. The zero-order chi connectivity index (χ0) is 33.9. The van der Waals surface area contributed by atoms with Gasteiger partial charge in [-0.2, -0.15) is 0 Å². The molecular weight excluding hydrogens is 622 g/mol. The summed E-state index contributed by atoms with van der Waals surface area (Å²) in [6, 6.07) is 8.89. The van der Waals surface area contributed by atoms with Gasteiger partial charge in [0.1, 0.15) is 17.1 Å². The zero-order valence-corrected chi connectivity index (χ0v) is 28.9. The number of benzene rings is 1. The average molecular weight is 668 g/mol. The lowest BCUT2D eigenvalue weighted by atomic mass is 9.90. The van der Waals surface area contributed by atoms with E-state index in [-0.39, 0.29) is 41.7 Å². The second-order valence-corrected chi connectivity index (χ2v) is 15.2. The first-order chi connectivity index (χ1) is 22.1. The first-order valence-electron chi connectivity index (χ1n) is 16.6. The Morgan fingerprint density at radius 3 is 2.43 bits per heavy atom. The second kappa shape index (κ2) is 12.2. The summed E-state index contributed by atoms with van der Waals surface area (Å²) in [4.78, 5) is 47.9. The molecule has 0 spiro atoms. The van der Waals surface area contributed by atoms with Crippen molar-refractivity contribution in [2.45, 2.75) is 97.1 Å². The number of rotatable bonds is 6. The summed E-state index contributed by atoms with van der Waals surface area (Å²) < 4.78 is 14.9. The third-order valence-electron chi connectivity index (χ3n) is 10.2. The molecule has 254 valence electrons. The Morgan fingerprint density at radius 2 is 1.83 bits per heavy atom. The highest BCUT2D eigenvalue weighted by Gasteiger charge is 2.55. The van der Waals surface area contributed by atoms with Crippen molar-refractivity contribution >= 4 is 34.6 Å². The molecule has 1 saturated carbocycles. The average Bonchev–Trinajstić information content (AvgIpc) is 3.50. The fourth-order valence-corrected chi connectivity index (χ4v) is 7.18. The fraction of sp³-hybridized carbons (Fsp3) is 0.600. The summed E-state index contributed by atoms with van der Waals surface area (Å²) in [6.07, 6.45) is 3.49. The van der Waals surface area contributed by atoms with Crippen LogP contribution in [0.2, 0.25) is 5.15 Å². The topological polar surface area (TPSA) is 119 Å². The molecule has 0 bridgehead atoms. The maximum atomic E-state index is 13.6. The summed E-state index contributed by atoms with van der Waals surface area (Å²) >= 11 is 6.69. The number of hydrogen-bond donors (Lipinski definition) is 1. The third kappa shape index (κ3) is 6.54. The van der Waals surface area contributed by atoms with Crippen LogP contribution in [0.5, 0.6) is 0 Å². The van der Waals surface area contributed by atoms with E-state index in [1.165, 1.54) is 10.9 Å². The molecule has 1 aromatic carbocycles. The standard InChI is InChI=1S/C35H46ClN5O6/c1-7-25-18-40(32(44)47-33(3,4)5)27(19-46-25)23-8-10-24(11-9-23)41-28(36)16-26-29(41)37-21-39(30(26)42)20-35(45)12-14-38(15-13-35)31(43)34(6)17-22(34)2/h8-11,16,21-22,25,27,45H,7,12-15,17-20H2,1-6H3/t22-,25-,27-,34-/m0/s1. The van der Waals surface area contributed by atoms with Crippen LogP contribution in [-0.4, -0.2) is 84.6 Å². The van der Waals surface area contributed by atoms with Crippen molar-refractivity contribution in [2.75, 3.05) is 26.2 Å². The minimum atomic E-state index is -1.12. The molecule has 2 aromatic heterocycles. The Labute approximate surface area is 280 Å². The SMILES string of the molecule is CC[C@H]1CN(C(=O)OC(C)(C)C)[C@H](c2ccc(-n3c(Cl)cc4c(=O)n(CC5(O)CCN(C(=O)[C@@]6(C)C[C@@H]6C)CC5)cnc43)cc2)CO1. The van der Waals surface area contributed by atoms with Gasteiger partial charge in [-0.1, -0.05) is 44.5 Å². The van der Waals surface area contributed by atoms with Gasteiger partial charge in [-0.3, -0.25) is 23.6 Å². The van der Waals surface area contributed by atoms with Gasteiger partial charge in [-0.15, -0.1) is 0 Å². The number of aliphatic hydroxyl groups is 1. The van der Waals surface area contributed by atoms with E-state index < -0.39 is 11.2 Å². The van der Waals surface area contributed by atoms with E-state index in [1.54, 1.807) is 15.5 Å². The monoisotopic (exact) mass is 667 g/mol. The number of hydrogen-bond acceptors (Lipinski definition) is 7. The Bertz CT molecular complexity index is 1720. The number of amides is 2. The summed E-state index contributed by atoms with van der Waals surface area (Å²) in [6.45, 7) is 13.5. The third-order valence-corrected chi connectivity index (χ3v) is 10.5. The van der Waals surface area contributed by atoms with E-state index in [1.807, 2.05) is 63.8 Å². The number of fused-ring (bicyclic) bond motifs is 1. The minimum absolute atomic E-state index is 0.0595. The lowest BCUT2D eigenvalue weighted by molar-refractivity contribution is -0.141. The van der Waals surface area contributed by atoms with E-state index in [0.717, 1.165) is 18.4 Å². The van der Waals surface area contributed by atoms with Crippen LogP contribution >= 0.6 is 11.6 Å². The predicted molar refractivity (Wildman–Crippen MR) is 179 cm³/mol. The smallest absolute Gasteiger partial charge is 0.410 e. The lowest BCUT2D eigenvalue weighted by Crippen LogP contribution is -2.51. The normalized spacial score (nSPS) is 26.0. The van der Waals surface area contributed by atoms with Gasteiger partial charge in [0, 0.05) is 24.2 Å². The van der Waals surface area contributed by atoms with Crippen molar-refractivity contribution in [1.29, 1.82) is 0 Å². The van der Waals surface area contributed by atoms with Crippen LogP contribution in [0.25, 0.3) is 16.7 Å². The molecule has 11 nitrogen and oxygen atoms in total. The van der Waals surface area contributed by atoms with Crippen LogP contribution in [0.4, 0.5) is 4.79 Å². The molecular formula is C35H46ClN5O6. The molecule has 0 unspecified atom stereocenters. The van der Waals surface area contributed by atoms with E-state index in [0.29, 0.717) is 66.9 Å². The largest absolute Gasteiger partial charge is 0.444 e. The molecule has 12 heteroatoms.